The molecule has 0 unspecified atom stereocenters. The minimum Gasteiger partial charge on any atom is -0.453 e. The molecule has 4 heteroatoms. The molecule has 0 saturated heterocycles. The van der Waals surface area contributed by atoms with E-state index in [0.717, 1.165) is 0 Å². The van der Waals surface area contributed by atoms with Crippen LogP contribution < -0.4 is 5.32 Å². The van der Waals surface area contributed by atoms with Crippen molar-refractivity contribution in [3.63, 3.8) is 0 Å². The fourth-order valence-electron chi connectivity index (χ4n) is 0.512. The third-order valence-electron chi connectivity index (χ3n) is 1.13. The van der Waals surface area contributed by atoms with Crippen molar-refractivity contribution in [1.29, 1.82) is 0 Å². The number of nitrogens with one attached hydrogen (secondary N) is 1. The van der Waals surface area contributed by atoms with Gasteiger partial charge >= 0.3 is 6.09 Å². The van der Waals surface area contributed by atoms with Gasteiger partial charge in [-0.25, -0.2) is 4.79 Å². The first kappa shape index (κ1) is 9.68. The SMILES string of the molecule is C=C[C@H](NC(=O)OC)C(C)=O. The number of amides is 1. The first-order valence-electron chi connectivity index (χ1n) is 3.09. The smallest absolute Gasteiger partial charge is 0.407 e. The first-order valence-corrected chi connectivity index (χ1v) is 3.09. The number of alkyl carbamates (subject to hydrolysis) is 1. The van der Waals surface area contributed by atoms with E-state index in [1.165, 1.54) is 20.1 Å². The van der Waals surface area contributed by atoms with Gasteiger partial charge in [-0.3, -0.25) is 4.79 Å². The molecule has 1 amide bonds. The summed E-state index contributed by atoms with van der Waals surface area (Å²) in [5.41, 5.74) is 0. The Labute approximate surface area is 65.2 Å². The van der Waals surface area contributed by atoms with Crippen LogP contribution in [0, 0.1) is 0 Å². The molecule has 4 nitrogen and oxygen atoms in total. The number of carbonyl (C=O) groups excluding carboxylic acids is 2. The molecule has 0 aromatic heterocycles. The van der Waals surface area contributed by atoms with Gasteiger partial charge in [0.2, 0.25) is 0 Å². The molecule has 0 rings (SSSR count). The van der Waals surface area contributed by atoms with Gasteiger partial charge in [0, 0.05) is 0 Å². The van der Waals surface area contributed by atoms with E-state index in [-0.39, 0.29) is 5.78 Å². The molecule has 0 aliphatic rings. The maximum absolute atomic E-state index is 10.7. The van der Waals surface area contributed by atoms with Gasteiger partial charge in [-0.1, -0.05) is 6.08 Å². The Balaban J connectivity index is 3.98. The summed E-state index contributed by atoms with van der Waals surface area (Å²) in [6, 6.07) is -0.651. The van der Waals surface area contributed by atoms with Crippen molar-refractivity contribution in [2.75, 3.05) is 7.11 Å². The van der Waals surface area contributed by atoms with Crippen molar-refractivity contribution in [3.05, 3.63) is 12.7 Å². The molecular formula is C7H11NO3. The van der Waals surface area contributed by atoms with Crippen molar-refractivity contribution >= 4 is 11.9 Å². The van der Waals surface area contributed by atoms with E-state index >= 15 is 0 Å². The van der Waals surface area contributed by atoms with Crippen LogP contribution in [-0.2, 0) is 9.53 Å². The first-order chi connectivity index (χ1) is 5.11. The zero-order valence-electron chi connectivity index (χ0n) is 6.59. The average molecular weight is 157 g/mol. The number of hydrogen-bond acceptors (Lipinski definition) is 3. The van der Waals surface area contributed by atoms with E-state index < -0.39 is 12.1 Å². The fraction of sp³-hybridized carbons (Fsp3) is 0.429. The standard InChI is InChI=1S/C7H11NO3/c1-4-6(5(2)9)8-7(10)11-3/h4,6H,1H2,2-3H3,(H,8,10)/t6-/m0/s1. The predicted molar refractivity (Wildman–Crippen MR) is 40.2 cm³/mol. The Bertz CT molecular complexity index is 177. The molecule has 0 spiro atoms. The highest BCUT2D eigenvalue weighted by atomic mass is 16.5. The third-order valence-corrected chi connectivity index (χ3v) is 1.13. The van der Waals surface area contributed by atoms with Crippen LogP contribution in [0.4, 0.5) is 4.79 Å². The van der Waals surface area contributed by atoms with Crippen LogP contribution in [0.2, 0.25) is 0 Å². The van der Waals surface area contributed by atoms with Crippen LogP contribution >= 0.6 is 0 Å². The van der Waals surface area contributed by atoms with E-state index in [9.17, 15) is 9.59 Å². The van der Waals surface area contributed by atoms with Gasteiger partial charge in [0.1, 0.15) is 6.04 Å². The Hall–Kier alpha value is -1.32. The zero-order valence-corrected chi connectivity index (χ0v) is 6.59. The molecule has 0 aliphatic heterocycles. The Morgan fingerprint density at radius 1 is 1.64 bits per heavy atom. The van der Waals surface area contributed by atoms with E-state index in [4.69, 9.17) is 0 Å². The molecule has 0 aromatic rings. The topological polar surface area (TPSA) is 55.4 Å². The van der Waals surface area contributed by atoms with Crippen molar-refractivity contribution in [2.45, 2.75) is 13.0 Å². The average Bonchev–Trinajstić information content (AvgIpc) is 1.99. The summed E-state index contributed by atoms with van der Waals surface area (Å²) in [7, 11) is 1.23. The highest BCUT2D eigenvalue weighted by molar-refractivity contribution is 5.87. The maximum atomic E-state index is 10.7. The highest BCUT2D eigenvalue weighted by Crippen LogP contribution is 1.87. The number of rotatable bonds is 3. The van der Waals surface area contributed by atoms with E-state index in [1.54, 1.807) is 0 Å². The van der Waals surface area contributed by atoms with Crippen LogP contribution in [0.3, 0.4) is 0 Å². The Kier molecular flexibility index (Phi) is 3.95. The summed E-state index contributed by atoms with van der Waals surface area (Å²) < 4.78 is 4.28. The minimum atomic E-state index is -0.651. The highest BCUT2D eigenvalue weighted by Gasteiger charge is 2.12. The normalized spacial score (nSPS) is 11.5. The molecule has 0 heterocycles. The number of methoxy groups -OCH3 is 1. The van der Waals surface area contributed by atoms with E-state index in [2.05, 4.69) is 16.6 Å². The number of Topliss-reactive ketones (excluding diaryl/α,β-unsaturated/α-hetero) is 1. The molecule has 0 bridgehead atoms. The predicted octanol–water partition coefficient (Wildman–Crippen LogP) is 0.486. The quantitative estimate of drug-likeness (QED) is 0.606. The van der Waals surface area contributed by atoms with Crippen molar-refractivity contribution in [2.24, 2.45) is 0 Å². The van der Waals surface area contributed by atoms with Crippen LogP contribution in [0.5, 0.6) is 0 Å². The van der Waals surface area contributed by atoms with Gasteiger partial charge in [0.25, 0.3) is 0 Å². The fourth-order valence-corrected chi connectivity index (χ4v) is 0.512. The number of carbonyl (C=O) groups is 2. The van der Waals surface area contributed by atoms with Gasteiger partial charge < -0.3 is 10.1 Å². The number of hydrogen-bond donors (Lipinski definition) is 1. The van der Waals surface area contributed by atoms with Crippen molar-refractivity contribution < 1.29 is 14.3 Å². The summed E-state index contributed by atoms with van der Waals surface area (Å²) in [6.45, 7) is 4.74. The van der Waals surface area contributed by atoms with Crippen molar-refractivity contribution in [1.82, 2.24) is 5.32 Å². The van der Waals surface area contributed by atoms with Crippen LogP contribution in [0.1, 0.15) is 6.92 Å². The molecule has 0 aromatic carbocycles. The molecular weight excluding hydrogens is 146 g/mol. The minimum absolute atomic E-state index is 0.176. The summed E-state index contributed by atoms with van der Waals surface area (Å²) in [4.78, 5) is 21.2. The molecule has 62 valence electrons. The maximum Gasteiger partial charge on any atom is 0.407 e. The summed E-state index contributed by atoms with van der Waals surface area (Å²) in [5, 5.41) is 2.29. The molecule has 1 N–H and O–H groups in total. The molecule has 0 radical (unpaired) electrons. The summed E-state index contributed by atoms with van der Waals surface area (Å²) in [5.74, 6) is -0.176. The Morgan fingerprint density at radius 2 is 2.18 bits per heavy atom. The van der Waals surface area contributed by atoms with Crippen molar-refractivity contribution in [3.8, 4) is 0 Å². The molecule has 1 atom stereocenters. The number of ether oxygens (including phenoxy) is 1. The second-order valence-electron chi connectivity index (χ2n) is 1.96. The van der Waals surface area contributed by atoms with Crippen LogP contribution in [0.15, 0.2) is 12.7 Å². The van der Waals surface area contributed by atoms with E-state index in [1.807, 2.05) is 0 Å². The third kappa shape index (κ3) is 3.40. The summed E-state index contributed by atoms with van der Waals surface area (Å²) >= 11 is 0. The van der Waals surface area contributed by atoms with Gasteiger partial charge in [-0.05, 0) is 6.92 Å². The van der Waals surface area contributed by atoms with E-state index in [0.29, 0.717) is 0 Å². The van der Waals surface area contributed by atoms with Gasteiger partial charge in [0.05, 0.1) is 7.11 Å². The van der Waals surface area contributed by atoms with Crippen LogP contribution in [-0.4, -0.2) is 25.0 Å². The molecule has 0 aliphatic carbocycles. The second-order valence-corrected chi connectivity index (χ2v) is 1.96. The monoisotopic (exact) mass is 157 g/mol. The Morgan fingerprint density at radius 3 is 2.45 bits per heavy atom. The van der Waals surface area contributed by atoms with Gasteiger partial charge in [-0.15, -0.1) is 6.58 Å². The van der Waals surface area contributed by atoms with Crippen LogP contribution in [0.25, 0.3) is 0 Å². The second kappa shape index (κ2) is 4.49. The lowest BCUT2D eigenvalue weighted by Crippen LogP contribution is -2.37. The molecule has 11 heavy (non-hydrogen) atoms. The molecule has 0 fully saturated rings. The zero-order chi connectivity index (χ0) is 8.85. The lowest BCUT2D eigenvalue weighted by Gasteiger charge is -2.08. The van der Waals surface area contributed by atoms with Gasteiger partial charge in [0.15, 0.2) is 5.78 Å². The number of ketones is 1. The lowest BCUT2D eigenvalue weighted by molar-refractivity contribution is -0.117. The lowest BCUT2D eigenvalue weighted by atomic mass is 10.2. The van der Waals surface area contributed by atoms with Gasteiger partial charge in [-0.2, -0.15) is 0 Å². The summed E-state index contributed by atoms with van der Waals surface area (Å²) in [6.07, 6.45) is 0.712. The largest absolute Gasteiger partial charge is 0.453 e. The molecule has 0 saturated carbocycles.